The zero-order chi connectivity index (χ0) is 20.4. The van der Waals surface area contributed by atoms with Crippen LogP contribution in [0.3, 0.4) is 0 Å². The van der Waals surface area contributed by atoms with Crippen LogP contribution in [0.15, 0.2) is 60.7 Å². The lowest BCUT2D eigenvalue weighted by molar-refractivity contribution is -0.0517. The maximum atomic E-state index is 10.7. The van der Waals surface area contributed by atoms with Gasteiger partial charge in [0.25, 0.3) is 0 Å². The molecule has 0 spiro atoms. The summed E-state index contributed by atoms with van der Waals surface area (Å²) in [5.41, 5.74) is -3.58. The molecular weight excluding hydrogens is 371 g/mol. The fourth-order valence-electron chi connectivity index (χ4n) is 1.41. The summed E-state index contributed by atoms with van der Waals surface area (Å²) in [6, 6.07) is 19.6. The van der Waals surface area contributed by atoms with E-state index in [1.807, 2.05) is 24.3 Å². The predicted octanol–water partition coefficient (Wildman–Crippen LogP) is 3.43. The molecule has 144 valence electrons. The molecule has 0 N–H and O–H groups in total. The molecular formula is C17H20F3NO4S. The highest BCUT2D eigenvalue weighted by atomic mass is 32.2. The lowest BCUT2D eigenvalue weighted by Gasteiger charge is -2.22. The molecule has 0 aliphatic rings. The molecule has 0 atom stereocenters. The molecule has 0 heterocycles. The van der Waals surface area contributed by atoms with Gasteiger partial charge in [0, 0.05) is 5.56 Å². The van der Waals surface area contributed by atoms with Gasteiger partial charge in [0.1, 0.15) is 12.0 Å². The number of para-hydroxylation sites is 1. The van der Waals surface area contributed by atoms with Crippen LogP contribution in [0.4, 0.5) is 18.9 Å². The second-order valence-corrected chi connectivity index (χ2v) is 7.15. The maximum Gasteiger partial charge on any atom is 0.485 e. The third kappa shape index (κ3) is 9.92. The zero-order valence-electron chi connectivity index (χ0n) is 14.5. The minimum atomic E-state index is -6.09. The van der Waals surface area contributed by atoms with Crippen LogP contribution in [0.25, 0.3) is 0 Å². The molecule has 0 unspecified atom stereocenters. The van der Waals surface area contributed by atoms with E-state index in [-0.39, 0.29) is 0 Å². The number of aldehydes is 1. The van der Waals surface area contributed by atoms with E-state index in [1.54, 1.807) is 12.1 Å². The van der Waals surface area contributed by atoms with Crippen LogP contribution in [-0.2, 0) is 10.1 Å². The first kappa shape index (κ1) is 23.8. The average Bonchev–Trinajstić information content (AvgIpc) is 2.55. The van der Waals surface area contributed by atoms with E-state index in [0.717, 1.165) is 16.3 Å². The van der Waals surface area contributed by atoms with E-state index >= 15 is 0 Å². The number of quaternary nitrogens is 1. The predicted molar refractivity (Wildman–Crippen MR) is 93.6 cm³/mol. The van der Waals surface area contributed by atoms with Gasteiger partial charge >= 0.3 is 5.51 Å². The SMILES string of the molecule is C[N+](C)(C)c1ccccc1.O=Cc1ccccc1.O=S(=O)([O-])C(F)(F)F. The number of hydrogen-bond acceptors (Lipinski definition) is 4. The van der Waals surface area contributed by atoms with E-state index < -0.39 is 15.6 Å². The van der Waals surface area contributed by atoms with Crippen molar-refractivity contribution in [2.75, 3.05) is 21.1 Å². The van der Waals surface area contributed by atoms with Gasteiger partial charge in [-0.15, -0.1) is 0 Å². The molecule has 0 saturated carbocycles. The van der Waals surface area contributed by atoms with Crippen molar-refractivity contribution in [3.63, 3.8) is 0 Å². The first-order chi connectivity index (χ1) is 11.8. The highest BCUT2D eigenvalue weighted by Gasteiger charge is 2.36. The zero-order valence-corrected chi connectivity index (χ0v) is 15.3. The Morgan fingerprint density at radius 3 is 1.42 bits per heavy atom. The third-order valence-corrected chi connectivity index (χ3v) is 3.32. The summed E-state index contributed by atoms with van der Waals surface area (Å²) in [7, 11) is 0.396. The van der Waals surface area contributed by atoms with Crippen LogP contribution < -0.4 is 4.48 Å². The molecule has 0 fully saturated rings. The molecule has 0 bridgehead atoms. The van der Waals surface area contributed by atoms with Crippen molar-refractivity contribution in [2.45, 2.75) is 5.51 Å². The van der Waals surface area contributed by atoms with Crippen molar-refractivity contribution < 1.29 is 30.9 Å². The van der Waals surface area contributed by atoms with Crippen molar-refractivity contribution in [3.05, 3.63) is 66.2 Å². The Morgan fingerprint density at radius 2 is 1.23 bits per heavy atom. The fourth-order valence-corrected chi connectivity index (χ4v) is 1.41. The van der Waals surface area contributed by atoms with Gasteiger partial charge in [0.2, 0.25) is 0 Å². The standard InChI is InChI=1S/C9H14N.C7H6O.CHF3O3S/c1-10(2,3)9-7-5-4-6-8-9;8-6-7-4-2-1-3-5-7;2-1(3,4)8(5,6)7/h4-8H,1-3H3;1-6H;(H,5,6,7)/q+1;;/p-1. The Labute approximate surface area is 151 Å². The van der Waals surface area contributed by atoms with E-state index in [0.29, 0.717) is 0 Å². The van der Waals surface area contributed by atoms with E-state index in [2.05, 4.69) is 45.4 Å². The van der Waals surface area contributed by atoms with Gasteiger partial charge in [0.15, 0.2) is 10.1 Å². The molecule has 0 amide bonds. The number of carbonyl (C=O) groups is 1. The quantitative estimate of drug-likeness (QED) is 0.340. The van der Waals surface area contributed by atoms with Crippen LogP contribution in [-0.4, -0.2) is 45.9 Å². The monoisotopic (exact) mass is 391 g/mol. The number of nitrogens with zero attached hydrogens (tertiary/aromatic N) is 1. The highest BCUT2D eigenvalue weighted by Crippen LogP contribution is 2.20. The fraction of sp³-hybridized carbons (Fsp3) is 0.235. The van der Waals surface area contributed by atoms with Gasteiger partial charge in [-0.1, -0.05) is 48.5 Å². The molecule has 2 aromatic rings. The van der Waals surface area contributed by atoms with Crippen molar-refractivity contribution in [1.29, 1.82) is 0 Å². The smallest absolute Gasteiger partial charge is 0.485 e. The minimum absolute atomic E-state index is 0.729. The van der Waals surface area contributed by atoms with Crippen LogP contribution in [0.5, 0.6) is 0 Å². The second-order valence-electron chi connectivity index (χ2n) is 5.78. The largest absolute Gasteiger partial charge is 0.741 e. The molecule has 26 heavy (non-hydrogen) atoms. The van der Waals surface area contributed by atoms with Gasteiger partial charge in [-0.2, -0.15) is 13.2 Å². The third-order valence-electron chi connectivity index (χ3n) is 2.75. The molecule has 0 saturated heterocycles. The first-order valence-corrected chi connectivity index (χ1v) is 8.59. The van der Waals surface area contributed by atoms with Crippen LogP contribution >= 0.6 is 0 Å². The van der Waals surface area contributed by atoms with Gasteiger partial charge < -0.3 is 4.55 Å². The van der Waals surface area contributed by atoms with Gasteiger partial charge in [0.05, 0.1) is 21.1 Å². The topological polar surface area (TPSA) is 74.3 Å². The number of rotatable bonds is 2. The van der Waals surface area contributed by atoms with Gasteiger partial charge in [-0.05, 0) is 12.1 Å². The molecule has 0 aliphatic heterocycles. The van der Waals surface area contributed by atoms with Crippen molar-refractivity contribution >= 4 is 22.1 Å². The summed E-state index contributed by atoms with van der Waals surface area (Å²) in [4.78, 5) is 10.0. The lowest BCUT2D eigenvalue weighted by atomic mass is 10.2. The Kier molecular flexibility index (Phi) is 9.19. The van der Waals surface area contributed by atoms with Gasteiger partial charge in [-0.3, -0.25) is 9.28 Å². The molecule has 0 aliphatic carbocycles. The van der Waals surface area contributed by atoms with Crippen LogP contribution in [0, 0.1) is 0 Å². The van der Waals surface area contributed by atoms with Crippen molar-refractivity contribution in [3.8, 4) is 0 Å². The maximum absolute atomic E-state index is 10.7. The van der Waals surface area contributed by atoms with E-state index in [9.17, 15) is 18.0 Å². The summed E-state index contributed by atoms with van der Waals surface area (Å²) in [5, 5.41) is 0. The average molecular weight is 391 g/mol. The Hall–Kier alpha value is -2.23. The summed E-state index contributed by atoms with van der Waals surface area (Å²) in [6.07, 6.45) is 0.833. The summed E-state index contributed by atoms with van der Waals surface area (Å²) in [5.74, 6) is 0. The molecule has 0 aromatic heterocycles. The van der Waals surface area contributed by atoms with Crippen LogP contribution in [0.1, 0.15) is 10.4 Å². The van der Waals surface area contributed by atoms with Crippen molar-refractivity contribution in [2.24, 2.45) is 0 Å². The first-order valence-electron chi connectivity index (χ1n) is 7.18. The normalized spacial score (nSPS) is 11.3. The van der Waals surface area contributed by atoms with E-state index in [1.165, 1.54) is 5.69 Å². The minimum Gasteiger partial charge on any atom is -0.741 e. The van der Waals surface area contributed by atoms with E-state index in [4.69, 9.17) is 13.0 Å². The lowest BCUT2D eigenvalue weighted by Crippen LogP contribution is -2.34. The Morgan fingerprint density at radius 1 is 0.885 bits per heavy atom. The molecule has 9 heteroatoms. The number of carbonyl (C=O) groups excluding carboxylic acids is 1. The van der Waals surface area contributed by atoms with Gasteiger partial charge in [-0.25, -0.2) is 8.42 Å². The summed E-state index contributed by atoms with van der Waals surface area (Å²) >= 11 is 0. The number of hydrogen-bond donors (Lipinski definition) is 0. The molecule has 0 radical (unpaired) electrons. The molecule has 2 aromatic carbocycles. The molecule has 5 nitrogen and oxygen atoms in total. The molecule has 2 rings (SSSR count). The number of alkyl halides is 3. The second kappa shape index (κ2) is 10.0. The Bertz CT molecular complexity index is 756. The highest BCUT2D eigenvalue weighted by molar-refractivity contribution is 7.86. The van der Waals surface area contributed by atoms with Crippen molar-refractivity contribution in [1.82, 2.24) is 4.48 Å². The number of halogens is 3. The Balaban J connectivity index is 0.000000365. The number of benzene rings is 2. The van der Waals surface area contributed by atoms with Crippen LogP contribution in [0.2, 0.25) is 0 Å². The summed E-state index contributed by atoms with van der Waals surface area (Å²) < 4.78 is 59.8. The summed E-state index contributed by atoms with van der Waals surface area (Å²) in [6.45, 7) is 0.